The van der Waals surface area contributed by atoms with Gasteiger partial charge in [0.25, 0.3) is 5.91 Å². The van der Waals surface area contributed by atoms with E-state index < -0.39 is 0 Å². The Morgan fingerprint density at radius 1 is 0.931 bits per heavy atom. The zero-order valence-electron chi connectivity index (χ0n) is 16.5. The van der Waals surface area contributed by atoms with Crippen molar-refractivity contribution in [3.8, 4) is 5.88 Å². The number of hydrogen-bond donors (Lipinski definition) is 0. The van der Waals surface area contributed by atoms with Gasteiger partial charge in [0, 0.05) is 30.6 Å². The number of fused-ring (bicyclic) bond motifs is 1. The molecule has 0 N–H and O–H groups in total. The van der Waals surface area contributed by atoms with Gasteiger partial charge in [-0.3, -0.25) is 4.79 Å². The van der Waals surface area contributed by atoms with Crippen LogP contribution >= 0.6 is 0 Å². The number of piperidine rings is 1. The third kappa shape index (κ3) is 4.09. The molecule has 1 saturated carbocycles. The zero-order valence-corrected chi connectivity index (χ0v) is 16.5. The van der Waals surface area contributed by atoms with E-state index in [1.165, 1.54) is 12.8 Å². The highest BCUT2D eigenvalue weighted by Crippen LogP contribution is 2.38. The van der Waals surface area contributed by atoms with E-state index in [4.69, 9.17) is 4.74 Å². The minimum atomic E-state index is 0.122. The number of benzene rings is 2. The van der Waals surface area contributed by atoms with E-state index in [0.717, 1.165) is 48.0 Å². The highest BCUT2D eigenvalue weighted by Gasteiger charge is 2.26. The van der Waals surface area contributed by atoms with Crippen molar-refractivity contribution in [1.82, 2.24) is 15.1 Å². The molecule has 2 aromatic carbocycles. The maximum atomic E-state index is 12.9. The molecule has 148 valence electrons. The van der Waals surface area contributed by atoms with E-state index in [-0.39, 0.29) is 5.91 Å². The first-order valence-electron chi connectivity index (χ1n) is 10.5. The van der Waals surface area contributed by atoms with E-state index in [0.29, 0.717) is 24.3 Å². The third-order valence-corrected chi connectivity index (χ3v) is 6.02. The average Bonchev–Trinajstić information content (AvgIpc) is 3.63. The van der Waals surface area contributed by atoms with Gasteiger partial charge < -0.3 is 9.64 Å². The molecule has 1 aromatic heterocycles. The summed E-state index contributed by atoms with van der Waals surface area (Å²) in [5, 5.41) is 10.7. The topological polar surface area (TPSA) is 55.3 Å². The van der Waals surface area contributed by atoms with Crippen molar-refractivity contribution >= 4 is 16.7 Å². The van der Waals surface area contributed by atoms with Crippen molar-refractivity contribution < 1.29 is 9.53 Å². The lowest BCUT2D eigenvalue weighted by Crippen LogP contribution is -2.39. The van der Waals surface area contributed by atoms with Crippen LogP contribution in [-0.4, -0.2) is 40.7 Å². The molecular formula is C24H25N3O2. The molecule has 2 heterocycles. The molecule has 0 spiro atoms. The first-order chi connectivity index (χ1) is 14.3. The third-order valence-electron chi connectivity index (χ3n) is 6.02. The molecule has 5 nitrogen and oxygen atoms in total. The summed E-state index contributed by atoms with van der Waals surface area (Å²) in [5.41, 5.74) is 1.85. The molecule has 1 amide bonds. The first kappa shape index (κ1) is 18.1. The highest BCUT2D eigenvalue weighted by atomic mass is 16.5. The second kappa shape index (κ2) is 7.82. The fourth-order valence-corrected chi connectivity index (χ4v) is 4.02. The second-order valence-corrected chi connectivity index (χ2v) is 8.18. The Hall–Kier alpha value is -2.95. The number of nitrogens with zero attached hydrogens (tertiary/aromatic N) is 3. The zero-order chi connectivity index (χ0) is 19.6. The number of carbonyl (C=O) groups is 1. The van der Waals surface area contributed by atoms with Gasteiger partial charge in [-0.05, 0) is 60.6 Å². The molecule has 1 aliphatic heterocycles. The van der Waals surface area contributed by atoms with Gasteiger partial charge in [0.2, 0.25) is 5.88 Å². The first-order valence-corrected chi connectivity index (χ1v) is 10.5. The van der Waals surface area contributed by atoms with E-state index in [1.807, 2.05) is 47.4 Å². The molecule has 5 heteroatoms. The molecule has 5 rings (SSSR count). The van der Waals surface area contributed by atoms with Gasteiger partial charge in [0.1, 0.15) is 0 Å². The van der Waals surface area contributed by atoms with Crippen LogP contribution in [0.15, 0.2) is 54.6 Å². The van der Waals surface area contributed by atoms with Crippen LogP contribution in [0.5, 0.6) is 5.88 Å². The molecule has 0 bridgehead atoms. The van der Waals surface area contributed by atoms with Gasteiger partial charge in [-0.25, -0.2) is 0 Å². The number of hydrogen-bond acceptors (Lipinski definition) is 4. The van der Waals surface area contributed by atoms with Crippen molar-refractivity contribution in [2.45, 2.75) is 31.6 Å². The number of likely N-dealkylation sites (tertiary alicyclic amines) is 1. The van der Waals surface area contributed by atoms with Crippen LogP contribution < -0.4 is 4.74 Å². The van der Waals surface area contributed by atoms with E-state index >= 15 is 0 Å². The van der Waals surface area contributed by atoms with Crippen LogP contribution in [-0.2, 0) is 0 Å². The summed E-state index contributed by atoms with van der Waals surface area (Å²) in [4.78, 5) is 14.9. The van der Waals surface area contributed by atoms with E-state index in [9.17, 15) is 4.79 Å². The average molecular weight is 387 g/mol. The smallest absolute Gasteiger partial charge is 0.253 e. The number of amides is 1. The Morgan fingerprint density at radius 3 is 2.45 bits per heavy atom. The summed E-state index contributed by atoms with van der Waals surface area (Å²) in [7, 11) is 0. The molecule has 1 saturated heterocycles. The van der Waals surface area contributed by atoms with Crippen LogP contribution in [0, 0.1) is 5.92 Å². The number of ether oxygens (including phenoxy) is 1. The molecule has 0 radical (unpaired) electrons. The lowest BCUT2D eigenvalue weighted by Gasteiger charge is -2.32. The largest absolute Gasteiger partial charge is 0.476 e. The van der Waals surface area contributed by atoms with Crippen molar-refractivity contribution in [3.05, 3.63) is 65.9 Å². The van der Waals surface area contributed by atoms with Crippen molar-refractivity contribution in [2.75, 3.05) is 19.7 Å². The maximum absolute atomic E-state index is 12.9. The highest BCUT2D eigenvalue weighted by molar-refractivity contribution is 5.98. The standard InChI is InChI=1S/C24H25N3O2/c28-24(21-8-5-18-3-1-2-4-20(18)15-21)27-13-11-17(12-14-27)16-29-23-10-9-22(25-26-23)19-6-7-19/h1-5,8-10,15,17,19H,6-7,11-14,16H2. The van der Waals surface area contributed by atoms with Crippen LogP contribution in [0.2, 0.25) is 0 Å². The van der Waals surface area contributed by atoms with Crippen LogP contribution in [0.1, 0.15) is 47.7 Å². The molecule has 0 unspecified atom stereocenters. The fourth-order valence-electron chi connectivity index (χ4n) is 4.02. The van der Waals surface area contributed by atoms with Gasteiger partial charge in [-0.1, -0.05) is 30.3 Å². The van der Waals surface area contributed by atoms with Crippen LogP contribution in [0.4, 0.5) is 0 Å². The summed E-state index contributed by atoms with van der Waals surface area (Å²) in [5.74, 6) is 1.78. The summed E-state index contributed by atoms with van der Waals surface area (Å²) in [6.07, 6.45) is 4.36. The van der Waals surface area contributed by atoms with Crippen molar-refractivity contribution in [2.24, 2.45) is 5.92 Å². The van der Waals surface area contributed by atoms with Gasteiger partial charge in [0.05, 0.1) is 12.3 Å². The number of carbonyl (C=O) groups excluding carboxylic acids is 1. The maximum Gasteiger partial charge on any atom is 0.253 e. The minimum Gasteiger partial charge on any atom is -0.476 e. The van der Waals surface area contributed by atoms with Crippen LogP contribution in [0.3, 0.4) is 0 Å². The molecule has 29 heavy (non-hydrogen) atoms. The quantitative estimate of drug-likeness (QED) is 0.649. The SMILES string of the molecule is O=C(c1ccc2ccccc2c1)N1CCC(COc2ccc(C3CC3)nn2)CC1. The molecule has 3 aromatic rings. The summed E-state index contributed by atoms with van der Waals surface area (Å²) < 4.78 is 5.85. The summed E-state index contributed by atoms with van der Waals surface area (Å²) in [6.45, 7) is 2.17. The van der Waals surface area contributed by atoms with Gasteiger partial charge in [0.15, 0.2) is 0 Å². The van der Waals surface area contributed by atoms with Crippen molar-refractivity contribution in [1.29, 1.82) is 0 Å². The monoisotopic (exact) mass is 387 g/mol. The summed E-state index contributed by atoms with van der Waals surface area (Å²) >= 11 is 0. The Balaban J connectivity index is 1.14. The Kier molecular flexibility index (Phi) is 4.88. The number of rotatable bonds is 5. The van der Waals surface area contributed by atoms with Gasteiger partial charge >= 0.3 is 0 Å². The van der Waals surface area contributed by atoms with E-state index in [2.05, 4.69) is 22.3 Å². The normalized spacial score (nSPS) is 17.4. The minimum absolute atomic E-state index is 0.122. The van der Waals surface area contributed by atoms with Crippen LogP contribution in [0.25, 0.3) is 10.8 Å². The summed E-state index contributed by atoms with van der Waals surface area (Å²) in [6, 6.07) is 18.1. The Bertz CT molecular complexity index is 1010. The number of aromatic nitrogens is 2. The molecule has 1 aliphatic carbocycles. The molecule has 2 aliphatic rings. The van der Waals surface area contributed by atoms with Crippen molar-refractivity contribution in [3.63, 3.8) is 0 Å². The Morgan fingerprint density at radius 2 is 1.72 bits per heavy atom. The predicted molar refractivity (Wildman–Crippen MR) is 112 cm³/mol. The molecule has 2 fully saturated rings. The Labute approximate surface area is 170 Å². The predicted octanol–water partition coefficient (Wildman–Crippen LogP) is 4.44. The lowest BCUT2D eigenvalue weighted by atomic mass is 9.97. The molecule has 0 atom stereocenters. The van der Waals surface area contributed by atoms with E-state index in [1.54, 1.807) is 0 Å². The lowest BCUT2D eigenvalue weighted by molar-refractivity contribution is 0.0659. The fraction of sp³-hybridized carbons (Fsp3) is 0.375. The second-order valence-electron chi connectivity index (χ2n) is 8.18. The molecular weight excluding hydrogens is 362 g/mol. The van der Waals surface area contributed by atoms with Gasteiger partial charge in [-0.2, -0.15) is 5.10 Å². The van der Waals surface area contributed by atoms with Gasteiger partial charge in [-0.15, -0.1) is 5.10 Å².